The van der Waals surface area contributed by atoms with E-state index >= 15 is 0 Å². The first-order valence-corrected chi connectivity index (χ1v) is 24.8. The van der Waals surface area contributed by atoms with Gasteiger partial charge in [0.25, 0.3) is 0 Å². The minimum absolute atomic E-state index is 0.142. The van der Waals surface area contributed by atoms with E-state index in [1.807, 2.05) is 49.1 Å². The van der Waals surface area contributed by atoms with Gasteiger partial charge in [-0.05, 0) is 133 Å². The van der Waals surface area contributed by atoms with E-state index in [0.717, 1.165) is 90.7 Å². The molecule has 0 spiro atoms. The molecule has 12 rings (SSSR count). The molecule has 2 aliphatic rings. The topological polar surface area (TPSA) is 83.8 Å². The molecule has 0 radical (unpaired) electrons. The number of rotatable bonds is 10. The van der Waals surface area contributed by atoms with Crippen LogP contribution in [0.1, 0.15) is 96.9 Å². The van der Waals surface area contributed by atoms with E-state index in [1.165, 1.54) is 39.1 Å². The molecule has 0 aliphatic carbocycles. The summed E-state index contributed by atoms with van der Waals surface area (Å²) >= 11 is 0. The van der Waals surface area contributed by atoms with Gasteiger partial charge in [0.05, 0.1) is 69.7 Å². The molecule has 0 bridgehead atoms. The van der Waals surface area contributed by atoms with Crippen molar-refractivity contribution in [2.45, 2.75) is 75.8 Å². The Bertz CT molecular complexity index is 3090. The number of pyridine rings is 6. The fraction of sp³-hybridized carbons (Fsp3) is 0.194. The quantitative estimate of drug-likeness (QED) is 0.134. The summed E-state index contributed by atoms with van der Waals surface area (Å²) in [5.74, 6) is 0. The Kier molecular flexibility index (Phi) is 13.6. The van der Waals surface area contributed by atoms with Gasteiger partial charge in [0, 0.05) is 49.0 Å². The van der Waals surface area contributed by atoms with Gasteiger partial charge in [0.15, 0.2) is 0 Å². The molecule has 0 unspecified atom stereocenters. The van der Waals surface area contributed by atoms with Gasteiger partial charge in [0.2, 0.25) is 0 Å². The van der Waals surface area contributed by atoms with Crippen molar-refractivity contribution in [1.82, 2.24) is 39.7 Å². The monoisotopic (exact) mass is 912 g/mol. The molecule has 2 fully saturated rings. The lowest BCUT2D eigenvalue weighted by Gasteiger charge is -2.41. The Morgan fingerprint density at radius 3 is 1.10 bits per heavy atom. The summed E-state index contributed by atoms with van der Waals surface area (Å²) in [6.45, 7) is 1.54. The fourth-order valence-corrected chi connectivity index (χ4v) is 10.8. The largest absolute Gasteiger partial charge is 0.280 e. The number of fused-ring (bicyclic) bond motifs is 2. The van der Waals surface area contributed by atoms with Gasteiger partial charge in [0.1, 0.15) is 0 Å². The van der Waals surface area contributed by atoms with E-state index in [9.17, 15) is 0 Å². The second kappa shape index (κ2) is 21.2. The summed E-state index contributed by atoms with van der Waals surface area (Å²) in [6, 6.07) is 68.7. The number of aromatic nitrogens is 6. The number of benzene rings is 4. The van der Waals surface area contributed by atoms with Crippen molar-refractivity contribution in [1.29, 1.82) is 0 Å². The van der Waals surface area contributed by atoms with Crippen molar-refractivity contribution in [2.75, 3.05) is 0 Å². The zero-order valence-corrected chi connectivity index (χ0v) is 39.3. The van der Waals surface area contributed by atoms with Crippen LogP contribution in [0.3, 0.4) is 0 Å². The van der Waals surface area contributed by atoms with Crippen LogP contribution in [-0.4, -0.2) is 39.7 Å². The first-order chi connectivity index (χ1) is 34.7. The number of likely N-dealkylation sites (tertiary alicyclic amines) is 2. The van der Waals surface area contributed by atoms with E-state index in [1.54, 1.807) is 0 Å². The highest BCUT2D eigenvalue weighted by atomic mass is 15.2. The maximum absolute atomic E-state index is 5.35. The molecule has 4 aromatic carbocycles. The predicted molar refractivity (Wildman–Crippen MR) is 281 cm³/mol. The Balaban J connectivity index is 0.000000180. The van der Waals surface area contributed by atoms with Crippen LogP contribution in [0.25, 0.3) is 44.1 Å². The van der Waals surface area contributed by atoms with Gasteiger partial charge < -0.3 is 0 Å². The standard InChI is InChI=1S/C41H34N4.C21H22N4/c1-3-17-32-29(12-1)14-7-19-34(32)36-21-9-23-38(43-36)40-25-11-26-41(45(40)28-31-16-5-6-27-42-31)39-24-10-22-37(44-39)35-20-8-15-30-13-2-4-18-33(30)35;1-4-13-22-17(8-1)16-25-20(18-9-2-5-14-23-18)11-7-12-21(25)19-10-3-6-15-24-19/h1-10,12-24,27,40-41H,11,25-26,28H2;1-6,8-10,13-15,20-21H,7,11-12,16H2/t40-,41-;20-,21-/m00/s1. The van der Waals surface area contributed by atoms with Crippen LogP contribution >= 0.6 is 0 Å². The van der Waals surface area contributed by atoms with Crippen molar-refractivity contribution in [3.05, 3.63) is 253 Å². The van der Waals surface area contributed by atoms with Gasteiger partial charge in [-0.15, -0.1) is 0 Å². The molecule has 344 valence electrons. The van der Waals surface area contributed by atoms with E-state index < -0.39 is 0 Å². The van der Waals surface area contributed by atoms with Gasteiger partial charge in [-0.1, -0.05) is 121 Å². The Labute approximate surface area is 410 Å². The van der Waals surface area contributed by atoms with Crippen molar-refractivity contribution in [3.8, 4) is 22.5 Å². The van der Waals surface area contributed by atoms with Gasteiger partial charge in [-0.2, -0.15) is 0 Å². The summed E-state index contributed by atoms with van der Waals surface area (Å²) in [5.41, 5.74) is 11.0. The van der Waals surface area contributed by atoms with Crippen LogP contribution in [0.2, 0.25) is 0 Å². The van der Waals surface area contributed by atoms with Gasteiger partial charge in [-0.3, -0.25) is 39.7 Å². The van der Waals surface area contributed by atoms with E-state index in [0.29, 0.717) is 12.1 Å². The Morgan fingerprint density at radius 2 is 0.686 bits per heavy atom. The molecule has 70 heavy (non-hydrogen) atoms. The second-order valence-corrected chi connectivity index (χ2v) is 18.4. The van der Waals surface area contributed by atoms with Crippen molar-refractivity contribution in [3.63, 3.8) is 0 Å². The first kappa shape index (κ1) is 44.7. The molecule has 4 atom stereocenters. The van der Waals surface area contributed by atoms with Gasteiger partial charge in [-0.25, -0.2) is 0 Å². The summed E-state index contributed by atoms with van der Waals surface area (Å²) in [4.78, 5) is 34.4. The zero-order chi connectivity index (χ0) is 46.9. The minimum Gasteiger partial charge on any atom is -0.280 e. The molecule has 8 nitrogen and oxygen atoms in total. The number of hydrogen-bond acceptors (Lipinski definition) is 8. The molecule has 8 heteroatoms. The van der Waals surface area contributed by atoms with E-state index in [2.05, 4.69) is 195 Å². The third-order valence-corrected chi connectivity index (χ3v) is 14.1. The lowest BCUT2D eigenvalue weighted by atomic mass is 9.90. The van der Waals surface area contributed by atoms with Crippen LogP contribution < -0.4 is 0 Å². The summed E-state index contributed by atoms with van der Waals surface area (Å²) in [6.07, 6.45) is 14.1. The molecule has 0 amide bonds. The van der Waals surface area contributed by atoms with Crippen LogP contribution in [0.5, 0.6) is 0 Å². The third-order valence-electron chi connectivity index (χ3n) is 14.1. The third kappa shape index (κ3) is 9.88. The average molecular weight is 913 g/mol. The highest BCUT2D eigenvalue weighted by Gasteiger charge is 2.36. The second-order valence-electron chi connectivity index (χ2n) is 18.4. The summed E-state index contributed by atoms with van der Waals surface area (Å²) in [7, 11) is 0. The highest BCUT2D eigenvalue weighted by molar-refractivity contribution is 5.96. The maximum Gasteiger partial charge on any atom is 0.0712 e. The number of nitrogens with zero attached hydrogens (tertiary/aromatic N) is 8. The van der Waals surface area contributed by atoms with Crippen molar-refractivity contribution < 1.29 is 0 Å². The molecular formula is C62H56N8. The van der Waals surface area contributed by atoms with E-state index in [-0.39, 0.29) is 12.1 Å². The van der Waals surface area contributed by atoms with Gasteiger partial charge >= 0.3 is 0 Å². The summed E-state index contributed by atoms with van der Waals surface area (Å²) in [5, 5.41) is 4.92. The zero-order valence-electron chi connectivity index (χ0n) is 39.3. The molecule has 6 aromatic heterocycles. The smallest absolute Gasteiger partial charge is 0.0712 e. The molecule has 10 aromatic rings. The Morgan fingerprint density at radius 1 is 0.329 bits per heavy atom. The fourth-order valence-electron chi connectivity index (χ4n) is 10.8. The minimum atomic E-state index is 0.142. The molecule has 8 heterocycles. The van der Waals surface area contributed by atoms with Crippen molar-refractivity contribution >= 4 is 21.5 Å². The first-order valence-electron chi connectivity index (χ1n) is 24.8. The van der Waals surface area contributed by atoms with Crippen LogP contribution in [0, 0.1) is 0 Å². The molecule has 2 saturated heterocycles. The van der Waals surface area contributed by atoms with Crippen LogP contribution in [-0.2, 0) is 13.1 Å². The lowest BCUT2D eigenvalue weighted by Crippen LogP contribution is -2.37. The molecule has 0 N–H and O–H groups in total. The van der Waals surface area contributed by atoms with Crippen LogP contribution in [0.15, 0.2) is 219 Å². The lowest BCUT2D eigenvalue weighted by molar-refractivity contribution is 0.0673. The average Bonchev–Trinajstić information content (AvgIpc) is 3.44. The van der Waals surface area contributed by atoms with Crippen LogP contribution in [0.4, 0.5) is 0 Å². The number of hydrogen-bond donors (Lipinski definition) is 0. The number of piperidine rings is 2. The molecular weight excluding hydrogens is 857 g/mol. The predicted octanol–water partition coefficient (Wildman–Crippen LogP) is 14.3. The highest BCUT2D eigenvalue weighted by Crippen LogP contribution is 2.44. The van der Waals surface area contributed by atoms with E-state index in [4.69, 9.17) is 15.0 Å². The van der Waals surface area contributed by atoms with Crippen molar-refractivity contribution in [2.24, 2.45) is 0 Å². The molecule has 2 aliphatic heterocycles. The summed E-state index contributed by atoms with van der Waals surface area (Å²) < 4.78 is 0. The SMILES string of the molecule is c1ccc(CN2[C@H](c3cccc(-c4cccc5ccccc45)n3)CCC[C@H]2c2cccc(-c3cccc4ccccc34)n2)nc1.c1ccc(CN2[C@H](c3ccccn3)CCC[C@H]2c2ccccn2)nc1. The maximum atomic E-state index is 5.35. The normalized spacial score (nSPS) is 18.5. The molecule has 0 saturated carbocycles. The Hall–Kier alpha value is -7.78.